The second-order valence-electron chi connectivity index (χ2n) is 8.89. The van der Waals surface area contributed by atoms with Crippen LogP contribution in [-0.2, 0) is 4.79 Å². The van der Waals surface area contributed by atoms with Crippen LogP contribution in [0.25, 0.3) is 0 Å². The molecule has 1 aromatic heterocycles. The Morgan fingerprint density at radius 3 is 2.52 bits per heavy atom. The molecule has 170 valence electrons. The number of aromatic nitrogens is 1. The van der Waals surface area contributed by atoms with Gasteiger partial charge in [-0.1, -0.05) is 11.6 Å². The van der Waals surface area contributed by atoms with Crippen molar-refractivity contribution in [3.8, 4) is 11.9 Å². The summed E-state index contributed by atoms with van der Waals surface area (Å²) >= 11 is 12.0. The minimum absolute atomic E-state index is 0.0637. The second kappa shape index (κ2) is 8.56. The van der Waals surface area contributed by atoms with Gasteiger partial charge in [-0.2, -0.15) is 5.26 Å². The van der Waals surface area contributed by atoms with Crippen molar-refractivity contribution in [3.63, 3.8) is 0 Å². The predicted octanol–water partition coefficient (Wildman–Crippen LogP) is 4.14. The third-order valence-corrected chi connectivity index (χ3v) is 7.53. The SMILES string of the molecule is CN1CCC(Oc2ccc(N3C(=S)N(c4ccc(C#N)c(Cl)c4)C(=O)C34CCC4)cn2)CC1. The minimum Gasteiger partial charge on any atom is -0.474 e. The molecule has 0 atom stereocenters. The van der Waals surface area contributed by atoms with E-state index in [2.05, 4.69) is 16.9 Å². The molecular weight excluding hydrogens is 458 g/mol. The highest BCUT2D eigenvalue weighted by Gasteiger charge is 2.59. The first-order valence-electron chi connectivity index (χ1n) is 11.1. The number of ether oxygens (including phenoxy) is 1. The summed E-state index contributed by atoms with van der Waals surface area (Å²) in [7, 11) is 2.12. The number of anilines is 2. The zero-order valence-corrected chi connectivity index (χ0v) is 19.9. The quantitative estimate of drug-likeness (QED) is 0.607. The number of halogens is 1. The molecule has 1 spiro atoms. The normalized spacial score (nSPS) is 20.8. The zero-order chi connectivity index (χ0) is 23.2. The van der Waals surface area contributed by atoms with Gasteiger partial charge in [0.05, 0.1) is 28.2 Å². The number of thiocarbonyl (C=S) groups is 1. The van der Waals surface area contributed by atoms with Crippen LogP contribution in [0.5, 0.6) is 5.88 Å². The highest BCUT2D eigenvalue weighted by molar-refractivity contribution is 7.81. The number of benzene rings is 1. The van der Waals surface area contributed by atoms with Crippen molar-refractivity contribution in [2.75, 3.05) is 29.9 Å². The number of nitriles is 1. The number of piperidine rings is 1. The fraction of sp³-hybridized carbons (Fsp3) is 0.417. The van der Waals surface area contributed by atoms with Crippen LogP contribution in [-0.4, -0.2) is 52.7 Å². The number of hydrogen-bond donors (Lipinski definition) is 0. The molecule has 3 fully saturated rings. The van der Waals surface area contributed by atoms with Gasteiger partial charge in [-0.15, -0.1) is 0 Å². The van der Waals surface area contributed by atoms with Crippen molar-refractivity contribution in [2.24, 2.45) is 0 Å². The van der Waals surface area contributed by atoms with Crippen LogP contribution in [0.3, 0.4) is 0 Å². The van der Waals surface area contributed by atoms with E-state index in [0.717, 1.165) is 50.9 Å². The van der Waals surface area contributed by atoms with E-state index in [9.17, 15) is 4.79 Å². The largest absolute Gasteiger partial charge is 0.474 e. The molecule has 0 radical (unpaired) electrons. The van der Waals surface area contributed by atoms with Crippen LogP contribution >= 0.6 is 23.8 Å². The number of nitrogens with zero attached hydrogens (tertiary/aromatic N) is 5. The van der Waals surface area contributed by atoms with Gasteiger partial charge in [0, 0.05) is 19.2 Å². The maximum atomic E-state index is 13.6. The van der Waals surface area contributed by atoms with Gasteiger partial charge >= 0.3 is 0 Å². The van der Waals surface area contributed by atoms with Crippen LogP contribution in [0.4, 0.5) is 11.4 Å². The Labute approximate surface area is 203 Å². The molecule has 33 heavy (non-hydrogen) atoms. The summed E-state index contributed by atoms with van der Waals surface area (Å²) in [6.45, 7) is 2.04. The summed E-state index contributed by atoms with van der Waals surface area (Å²) < 4.78 is 6.08. The monoisotopic (exact) mass is 481 g/mol. The lowest BCUT2D eigenvalue weighted by molar-refractivity contribution is -0.123. The van der Waals surface area contributed by atoms with Gasteiger partial charge in [-0.25, -0.2) is 4.98 Å². The molecule has 1 saturated carbocycles. The maximum absolute atomic E-state index is 13.6. The lowest BCUT2D eigenvalue weighted by atomic mass is 9.75. The Balaban J connectivity index is 1.40. The fourth-order valence-corrected chi connectivity index (χ4v) is 5.48. The van der Waals surface area contributed by atoms with E-state index in [1.807, 2.05) is 23.1 Å². The topological polar surface area (TPSA) is 72.7 Å². The predicted molar refractivity (Wildman–Crippen MR) is 131 cm³/mol. The molecule has 0 unspecified atom stereocenters. The van der Waals surface area contributed by atoms with Crippen LogP contribution < -0.4 is 14.5 Å². The number of rotatable bonds is 4. The highest BCUT2D eigenvalue weighted by atomic mass is 35.5. The van der Waals surface area contributed by atoms with E-state index in [-0.39, 0.29) is 12.0 Å². The van der Waals surface area contributed by atoms with Crippen molar-refractivity contribution in [3.05, 3.63) is 47.1 Å². The van der Waals surface area contributed by atoms with E-state index < -0.39 is 5.54 Å². The molecular formula is C24H24ClN5O2S. The minimum atomic E-state index is -0.699. The lowest BCUT2D eigenvalue weighted by Crippen LogP contribution is -2.55. The highest BCUT2D eigenvalue weighted by Crippen LogP contribution is 2.48. The first-order chi connectivity index (χ1) is 15.9. The van der Waals surface area contributed by atoms with Crippen LogP contribution in [0.1, 0.15) is 37.7 Å². The number of amides is 1. The molecule has 0 bridgehead atoms. The average molecular weight is 482 g/mol. The molecule has 1 aliphatic carbocycles. The Morgan fingerprint density at radius 2 is 1.94 bits per heavy atom. The second-order valence-corrected chi connectivity index (χ2v) is 9.67. The average Bonchev–Trinajstić information content (AvgIpc) is 3.02. The van der Waals surface area contributed by atoms with Crippen molar-refractivity contribution >= 4 is 46.2 Å². The summed E-state index contributed by atoms with van der Waals surface area (Å²) in [5.41, 5.74) is 0.997. The number of hydrogen-bond acceptors (Lipinski definition) is 6. The van der Waals surface area contributed by atoms with Crippen LogP contribution in [0.2, 0.25) is 5.02 Å². The third kappa shape index (κ3) is 3.74. The molecule has 2 aromatic rings. The first kappa shape index (κ1) is 22.1. The summed E-state index contributed by atoms with van der Waals surface area (Å²) in [5.74, 6) is 0.523. The molecule has 1 aromatic carbocycles. The van der Waals surface area contributed by atoms with E-state index >= 15 is 0 Å². The van der Waals surface area contributed by atoms with Gasteiger partial charge in [-0.05, 0) is 75.6 Å². The molecule has 0 N–H and O–H groups in total. The smallest absolute Gasteiger partial charge is 0.259 e. The molecule has 3 aliphatic rings. The molecule has 9 heteroatoms. The molecule has 2 aliphatic heterocycles. The molecule has 3 heterocycles. The zero-order valence-electron chi connectivity index (χ0n) is 18.3. The lowest BCUT2D eigenvalue weighted by Gasteiger charge is -2.42. The Bertz CT molecular complexity index is 1140. The Hall–Kier alpha value is -2.73. The molecule has 7 nitrogen and oxygen atoms in total. The maximum Gasteiger partial charge on any atom is 0.259 e. The number of carbonyl (C=O) groups is 1. The summed E-state index contributed by atoms with van der Waals surface area (Å²) in [5, 5.41) is 9.86. The first-order valence-corrected chi connectivity index (χ1v) is 11.9. The van der Waals surface area contributed by atoms with E-state index in [0.29, 0.717) is 27.3 Å². The molecule has 1 amide bonds. The van der Waals surface area contributed by atoms with E-state index in [1.54, 1.807) is 24.4 Å². The van der Waals surface area contributed by atoms with Gasteiger partial charge in [0.2, 0.25) is 5.88 Å². The van der Waals surface area contributed by atoms with Crippen molar-refractivity contribution < 1.29 is 9.53 Å². The van der Waals surface area contributed by atoms with Gasteiger partial charge in [0.1, 0.15) is 17.7 Å². The third-order valence-electron chi connectivity index (χ3n) is 6.86. The number of pyridine rings is 1. The fourth-order valence-electron chi connectivity index (χ4n) is 4.79. The summed E-state index contributed by atoms with van der Waals surface area (Å²) in [4.78, 5) is 23.8. The van der Waals surface area contributed by atoms with Gasteiger partial charge in [-0.3, -0.25) is 9.69 Å². The van der Waals surface area contributed by atoms with Crippen LogP contribution in [0, 0.1) is 11.3 Å². The van der Waals surface area contributed by atoms with Crippen molar-refractivity contribution in [1.29, 1.82) is 5.26 Å². The van der Waals surface area contributed by atoms with Gasteiger partial charge in [0.15, 0.2) is 5.11 Å². The van der Waals surface area contributed by atoms with E-state index in [4.69, 9.17) is 33.8 Å². The van der Waals surface area contributed by atoms with Crippen LogP contribution in [0.15, 0.2) is 36.5 Å². The molecule has 2 saturated heterocycles. The Morgan fingerprint density at radius 1 is 1.21 bits per heavy atom. The van der Waals surface area contributed by atoms with Crippen molar-refractivity contribution in [2.45, 2.75) is 43.7 Å². The molecule has 5 rings (SSSR count). The Kier molecular flexibility index (Phi) is 5.73. The summed E-state index contributed by atoms with van der Waals surface area (Å²) in [6.07, 6.45) is 6.27. The summed E-state index contributed by atoms with van der Waals surface area (Å²) in [6, 6.07) is 10.8. The number of likely N-dealkylation sites (tertiary alicyclic amines) is 1. The van der Waals surface area contributed by atoms with Crippen molar-refractivity contribution in [1.82, 2.24) is 9.88 Å². The number of carbonyl (C=O) groups excluding carboxylic acids is 1. The standard InChI is InChI=1S/C24H24ClN5O2S/c1-28-11-7-19(8-12-28)32-21-6-5-18(15-27-21)30-23(33)29(22(31)24(30)9-2-10-24)17-4-3-16(14-26)20(25)13-17/h3-6,13,15,19H,2,7-12H2,1H3. The van der Waals surface area contributed by atoms with E-state index in [1.165, 1.54) is 4.90 Å². The van der Waals surface area contributed by atoms with Gasteiger partial charge < -0.3 is 14.5 Å². The van der Waals surface area contributed by atoms with Gasteiger partial charge in [0.25, 0.3) is 5.91 Å².